The monoisotopic (exact) mass is 413 g/mol. The van der Waals surface area contributed by atoms with Crippen LogP contribution in [0.25, 0.3) is 0 Å². The fraction of sp³-hybridized carbons (Fsp3) is 1.00. The molecule has 0 saturated carbocycles. The van der Waals surface area contributed by atoms with Crippen LogP contribution in [0.1, 0.15) is 119 Å². The summed E-state index contributed by atoms with van der Waals surface area (Å²) in [5, 5.41) is 0. The van der Waals surface area contributed by atoms with Crippen LogP contribution in [0, 0.1) is 0 Å². The van der Waals surface area contributed by atoms with Gasteiger partial charge < -0.3 is 4.65 Å². The Morgan fingerprint density at radius 3 is 0.704 bits per heavy atom. The first-order valence-corrected chi connectivity index (χ1v) is 18.1. The van der Waals surface area contributed by atoms with Gasteiger partial charge in [0.25, 0.3) is 0 Å². The highest BCUT2D eigenvalue weighted by atomic mass is 28.4. The van der Waals surface area contributed by atoms with Crippen molar-refractivity contribution < 1.29 is 0 Å². The molecule has 0 atom stereocenters. The highest BCUT2D eigenvalue weighted by Crippen LogP contribution is 2.33. The van der Waals surface area contributed by atoms with E-state index < -0.39 is 16.5 Å². The van der Waals surface area contributed by atoms with E-state index in [4.69, 9.17) is 4.65 Å². The van der Waals surface area contributed by atoms with Crippen molar-refractivity contribution in [3.63, 3.8) is 0 Å². The fourth-order valence-corrected chi connectivity index (χ4v) is 20.0. The van der Waals surface area contributed by atoms with Crippen molar-refractivity contribution in [1.82, 2.24) is 4.65 Å². The third kappa shape index (κ3) is 11.9. The molecule has 0 aromatic rings. The summed E-state index contributed by atoms with van der Waals surface area (Å²) in [6.45, 7) is 14.4. The first kappa shape index (κ1) is 27.4. The lowest BCUT2D eigenvalue weighted by Crippen LogP contribution is -2.64. The van der Waals surface area contributed by atoms with E-state index in [1.165, 1.54) is 77.0 Å². The molecule has 164 valence electrons. The Morgan fingerprint density at radius 2 is 0.556 bits per heavy atom. The molecule has 1 nitrogen and oxygen atoms in total. The molecule has 0 unspecified atom stereocenters. The molecule has 0 saturated heterocycles. The minimum atomic E-state index is -1.33. The lowest BCUT2D eigenvalue weighted by atomic mass is 10.4. The Hall–Kier alpha value is 0.394. The molecule has 0 spiro atoms. The van der Waals surface area contributed by atoms with Crippen LogP contribution in [0.3, 0.4) is 0 Å². The molecule has 0 aliphatic heterocycles. The summed E-state index contributed by atoms with van der Waals surface area (Å²) in [5.41, 5.74) is 0. The van der Waals surface area contributed by atoms with Gasteiger partial charge in [-0.05, 0) is 36.3 Å². The van der Waals surface area contributed by atoms with Gasteiger partial charge in [-0.25, -0.2) is 0 Å². The normalized spacial score (nSPS) is 12.7. The van der Waals surface area contributed by atoms with Crippen LogP contribution < -0.4 is 4.65 Å². The van der Waals surface area contributed by atoms with Crippen LogP contribution in [0.2, 0.25) is 36.3 Å². The third-order valence-corrected chi connectivity index (χ3v) is 18.7. The number of rotatable bonds is 20. The lowest BCUT2D eigenvalue weighted by Gasteiger charge is -2.44. The summed E-state index contributed by atoms with van der Waals surface area (Å²) in [6.07, 6.45) is 17.1. The number of hydrogen-bond donors (Lipinski definition) is 1. The molecule has 0 amide bonds. The molecular weight excluding hydrogens is 358 g/mol. The van der Waals surface area contributed by atoms with Gasteiger partial charge in [-0.3, -0.25) is 0 Å². The van der Waals surface area contributed by atoms with E-state index in [0.29, 0.717) is 0 Å². The Kier molecular flexibility index (Phi) is 17.5. The number of hydrogen-bond acceptors (Lipinski definition) is 1. The van der Waals surface area contributed by atoms with Gasteiger partial charge in [-0.1, -0.05) is 119 Å². The van der Waals surface area contributed by atoms with Crippen LogP contribution in [0.15, 0.2) is 0 Å². The highest BCUT2D eigenvalue weighted by Gasteiger charge is 2.41. The van der Waals surface area contributed by atoms with Crippen molar-refractivity contribution in [2.24, 2.45) is 0 Å². The first-order chi connectivity index (χ1) is 13.1. The maximum atomic E-state index is 4.77. The van der Waals surface area contributed by atoms with E-state index in [1.54, 1.807) is 36.3 Å². The summed E-state index contributed by atoms with van der Waals surface area (Å²) in [5.74, 6) is 0. The molecule has 3 heteroatoms. The van der Waals surface area contributed by atoms with E-state index >= 15 is 0 Å². The average molecular weight is 414 g/mol. The van der Waals surface area contributed by atoms with Crippen molar-refractivity contribution in [3.05, 3.63) is 0 Å². The quantitative estimate of drug-likeness (QED) is 0.196. The van der Waals surface area contributed by atoms with Crippen LogP contribution in [-0.2, 0) is 0 Å². The molecular formula is C24H55NSi2. The maximum absolute atomic E-state index is 4.77. The molecule has 0 aliphatic rings. The van der Waals surface area contributed by atoms with Crippen molar-refractivity contribution in [3.8, 4) is 0 Å². The second-order valence-electron chi connectivity index (χ2n) is 9.31. The van der Waals surface area contributed by atoms with Crippen LogP contribution in [0.5, 0.6) is 0 Å². The van der Waals surface area contributed by atoms with E-state index in [2.05, 4.69) is 41.5 Å². The summed E-state index contributed by atoms with van der Waals surface area (Å²) in [4.78, 5) is 0. The van der Waals surface area contributed by atoms with Crippen molar-refractivity contribution in [2.45, 2.75) is 155 Å². The van der Waals surface area contributed by atoms with Gasteiger partial charge in [0.05, 0.1) is 0 Å². The Bertz CT molecular complexity index is 246. The second-order valence-corrected chi connectivity index (χ2v) is 18.4. The zero-order valence-electron chi connectivity index (χ0n) is 20.2. The highest BCUT2D eigenvalue weighted by molar-refractivity contribution is 6.93. The van der Waals surface area contributed by atoms with Crippen LogP contribution in [-0.4, -0.2) is 16.5 Å². The summed E-state index contributed by atoms with van der Waals surface area (Å²) < 4.78 is 4.77. The molecule has 0 heterocycles. The minimum absolute atomic E-state index is 1.33. The molecule has 0 fully saturated rings. The van der Waals surface area contributed by atoms with Gasteiger partial charge >= 0.3 is 0 Å². The summed E-state index contributed by atoms with van der Waals surface area (Å²) in [7, 11) is -2.66. The topological polar surface area (TPSA) is 12.0 Å². The number of unbranched alkanes of at least 4 members (excludes halogenated alkanes) is 6. The average Bonchev–Trinajstić information content (AvgIpc) is 2.70. The summed E-state index contributed by atoms with van der Waals surface area (Å²) >= 11 is 0. The van der Waals surface area contributed by atoms with Gasteiger partial charge in [0.15, 0.2) is 0 Å². The minimum Gasteiger partial charge on any atom is -0.359 e. The zero-order valence-corrected chi connectivity index (χ0v) is 22.2. The first-order valence-electron chi connectivity index (χ1n) is 12.9. The standard InChI is InChI=1S/C24H55NSi2/c1-7-13-19-26(20-14-8-2,21-15-9-3)25-27(22-16-10-4,23-17-11-5)24-18-12-6/h25H,7-24H2,1-6H3. The van der Waals surface area contributed by atoms with Crippen molar-refractivity contribution in [2.75, 3.05) is 0 Å². The lowest BCUT2D eigenvalue weighted by molar-refractivity contribution is 0.753. The van der Waals surface area contributed by atoms with Gasteiger partial charge in [-0.15, -0.1) is 0 Å². The molecule has 27 heavy (non-hydrogen) atoms. The Morgan fingerprint density at radius 1 is 0.370 bits per heavy atom. The largest absolute Gasteiger partial charge is 0.359 e. The molecule has 0 bridgehead atoms. The van der Waals surface area contributed by atoms with Gasteiger partial charge in [0.2, 0.25) is 0 Å². The smallest absolute Gasteiger partial charge is 0.119 e. The van der Waals surface area contributed by atoms with Crippen LogP contribution >= 0.6 is 0 Å². The molecule has 0 aromatic heterocycles. The number of nitrogens with one attached hydrogen (secondary N) is 1. The van der Waals surface area contributed by atoms with E-state index in [0.717, 1.165) is 0 Å². The van der Waals surface area contributed by atoms with Crippen molar-refractivity contribution in [1.29, 1.82) is 0 Å². The Labute approximate surface area is 176 Å². The second kappa shape index (κ2) is 17.3. The van der Waals surface area contributed by atoms with E-state index in [-0.39, 0.29) is 0 Å². The SMILES string of the molecule is CCCC[Si](CCCC)(CCCC)N[Si](CCCC)(CCCC)CCCC. The van der Waals surface area contributed by atoms with Gasteiger partial charge in [-0.2, -0.15) is 0 Å². The van der Waals surface area contributed by atoms with Crippen molar-refractivity contribution >= 4 is 16.5 Å². The molecule has 0 radical (unpaired) electrons. The third-order valence-electron chi connectivity index (χ3n) is 6.58. The molecule has 0 rings (SSSR count). The maximum Gasteiger partial charge on any atom is 0.119 e. The summed E-state index contributed by atoms with van der Waals surface area (Å²) in [6, 6.07) is 9.35. The fourth-order valence-electron chi connectivity index (χ4n) is 4.78. The zero-order chi connectivity index (χ0) is 20.4. The van der Waals surface area contributed by atoms with Gasteiger partial charge in [0.1, 0.15) is 16.5 Å². The van der Waals surface area contributed by atoms with E-state index in [9.17, 15) is 0 Å². The predicted molar refractivity (Wildman–Crippen MR) is 133 cm³/mol. The predicted octanol–water partition coefficient (Wildman–Crippen LogP) is 9.27. The Balaban J connectivity index is 5.66. The molecule has 0 aromatic carbocycles. The van der Waals surface area contributed by atoms with E-state index in [1.807, 2.05) is 0 Å². The van der Waals surface area contributed by atoms with Crippen LogP contribution in [0.4, 0.5) is 0 Å². The molecule has 0 aliphatic carbocycles. The van der Waals surface area contributed by atoms with Gasteiger partial charge in [0, 0.05) is 0 Å². The molecule has 1 N–H and O–H groups in total.